The molecule has 3 nitrogen and oxygen atoms in total. The van der Waals surface area contributed by atoms with E-state index >= 15 is 0 Å². The van der Waals surface area contributed by atoms with E-state index in [1.807, 2.05) is 13.0 Å². The minimum atomic E-state index is 0.725. The van der Waals surface area contributed by atoms with Crippen molar-refractivity contribution in [3.05, 3.63) is 28.6 Å². The zero-order chi connectivity index (χ0) is 11.4. The molecule has 0 amide bonds. The van der Waals surface area contributed by atoms with Crippen molar-refractivity contribution in [3.8, 4) is 11.3 Å². The third-order valence-electron chi connectivity index (χ3n) is 2.20. The summed E-state index contributed by atoms with van der Waals surface area (Å²) in [5.74, 6) is 0.725. The van der Waals surface area contributed by atoms with Crippen LogP contribution < -0.4 is 5.32 Å². The smallest absolute Gasteiger partial charge is 0.223 e. The number of aromatic nitrogens is 2. The van der Waals surface area contributed by atoms with Gasteiger partial charge >= 0.3 is 0 Å². The van der Waals surface area contributed by atoms with E-state index in [2.05, 4.69) is 39.0 Å². The van der Waals surface area contributed by atoms with Crippen molar-refractivity contribution >= 4 is 17.3 Å². The molecule has 2 rings (SSSR count). The van der Waals surface area contributed by atoms with E-state index < -0.39 is 0 Å². The third kappa shape index (κ3) is 2.58. The van der Waals surface area contributed by atoms with Crippen molar-refractivity contribution in [2.75, 3.05) is 11.9 Å². The van der Waals surface area contributed by atoms with Crippen LogP contribution in [0.2, 0.25) is 0 Å². The zero-order valence-corrected chi connectivity index (χ0v) is 10.3. The highest BCUT2D eigenvalue weighted by Gasteiger charge is 2.04. The molecule has 0 fully saturated rings. The molecular formula is C12H15N3S. The van der Waals surface area contributed by atoms with E-state index in [0.29, 0.717) is 0 Å². The first kappa shape index (κ1) is 11.1. The molecule has 2 aromatic heterocycles. The Labute approximate surface area is 99.6 Å². The van der Waals surface area contributed by atoms with E-state index in [1.54, 1.807) is 11.3 Å². The van der Waals surface area contributed by atoms with Gasteiger partial charge in [-0.2, -0.15) is 11.3 Å². The molecule has 0 unspecified atom stereocenters. The van der Waals surface area contributed by atoms with Gasteiger partial charge in [-0.15, -0.1) is 0 Å². The maximum atomic E-state index is 4.50. The fourth-order valence-corrected chi connectivity index (χ4v) is 2.09. The minimum Gasteiger partial charge on any atom is -0.354 e. The van der Waals surface area contributed by atoms with E-state index in [1.165, 1.54) is 0 Å². The quantitative estimate of drug-likeness (QED) is 0.880. The Morgan fingerprint density at radius 1 is 1.38 bits per heavy atom. The molecule has 2 aromatic rings. The Kier molecular flexibility index (Phi) is 3.51. The summed E-state index contributed by atoms with van der Waals surface area (Å²) in [4.78, 5) is 8.86. The summed E-state index contributed by atoms with van der Waals surface area (Å²) in [6.07, 6.45) is 1.07. The van der Waals surface area contributed by atoms with Crippen molar-refractivity contribution in [2.24, 2.45) is 0 Å². The standard InChI is InChI=1S/C12H15N3S/c1-3-5-13-12-14-9(2)7-11(15-12)10-4-6-16-8-10/h4,6-8H,3,5H2,1-2H3,(H,13,14,15). The van der Waals surface area contributed by atoms with Crippen LogP contribution in [0.1, 0.15) is 19.0 Å². The molecule has 0 aromatic carbocycles. The van der Waals surface area contributed by atoms with Crippen molar-refractivity contribution in [2.45, 2.75) is 20.3 Å². The summed E-state index contributed by atoms with van der Waals surface area (Å²) in [6.45, 7) is 5.03. The molecule has 0 radical (unpaired) electrons. The average molecular weight is 233 g/mol. The number of nitrogens with one attached hydrogen (secondary N) is 1. The number of hydrogen-bond acceptors (Lipinski definition) is 4. The molecule has 2 heterocycles. The SMILES string of the molecule is CCCNc1nc(C)cc(-c2ccsc2)n1. The minimum absolute atomic E-state index is 0.725. The molecule has 0 bridgehead atoms. The van der Waals surface area contributed by atoms with Crippen molar-refractivity contribution < 1.29 is 0 Å². The molecule has 0 spiro atoms. The summed E-state index contributed by atoms with van der Waals surface area (Å²) in [5, 5.41) is 7.38. The fraction of sp³-hybridized carbons (Fsp3) is 0.333. The second-order valence-electron chi connectivity index (χ2n) is 3.66. The lowest BCUT2D eigenvalue weighted by Gasteiger charge is -2.06. The molecule has 16 heavy (non-hydrogen) atoms. The van der Waals surface area contributed by atoms with Gasteiger partial charge in [-0.25, -0.2) is 9.97 Å². The first-order valence-corrected chi connectivity index (χ1v) is 6.36. The maximum Gasteiger partial charge on any atom is 0.223 e. The maximum absolute atomic E-state index is 4.50. The Balaban J connectivity index is 2.29. The van der Waals surface area contributed by atoms with Gasteiger partial charge in [0.25, 0.3) is 0 Å². The van der Waals surface area contributed by atoms with E-state index in [-0.39, 0.29) is 0 Å². The van der Waals surface area contributed by atoms with Gasteiger partial charge in [0.1, 0.15) is 0 Å². The molecule has 4 heteroatoms. The van der Waals surface area contributed by atoms with Crippen LogP contribution in [0.3, 0.4) is 0 Å². The number of rotatable bonds is 4. The van der Waals surface area contributed by atoms with Crippen LogP contribution in [0, 0.1) is 6.92 Å². The Morgan fingerprint density at radius 2 is 2.25 bits per heavy atom. The van der Waals surface area contributed by atoms with Gasteiger partial charge in [0.2, 0.25) is 5.95 Å². The molecule has 0 saturated carbocycles. The number of aryl methyl sites for hydroxylation is 1. The summed E-state index contributed by atoms with van der Waals surface area (Å²) in [7, 11) is 0. The van der Waals surface area contributed by atoms with Crippen molar-refractivity contribution in [1.82, 2.24) is 9.97 Å². The Morgan fingerprint density at radius 3 is 2.94 bits per heavy atom. The topological polar surface area (TPSA) is 37.8 Å². The van der Waals surface area contributed by atoms with Gasteiger partial charge in [0.05, 0.1) is 5.69 Å². The van der Waals surface area contributed by atoms with Gasteiger partial charge < -0.3 is 5.32 Å². The largest absolute Gasteiger partial charge is 0.354 e. The summed E-state index contributed by atoms with van der Waals surface area (Å²) in [6, 6.07) is 4.09. The lowest BCUT2D eigenvalue weighted by atomic mass is 10.2. The highest BCUT2D eigenvalue weighted by Crippen LogP contribution is 2.21. The molecule has 84 valence electrons. The fourth-order valence-electron chi connectivity index (χ4n) is 1.44. The third-order valence-corrected chi connectivity index (χ3v) is 2.89. The van der Waals surface area contributed by atoms with E-state index in [0.717, 1.165) is 35.9 Å². The van der Waals surface area contributed by atoms with Crippen molar-refractivity contribution in [3.63, 3.8) is 0 Å². The second kappa shape index (κ2) is 5.07. The zero-order valence-electron chi connectivity index (χ0n) is 9.53. The van der Waals surface area contributed by atoms with Gasteiger partial charge in [0, 0.05) is 23.2 Å². The van der Waals surface area contributed by atoms with Gasteiger partial charge in [-0.1, -0.05) is 6.92 Å². The van der Waals surface area contributed by atoms with Gasteiger partial charge in [-0.3, -0.25) is 0 Å². The van der Waals surface area contributed by atoms with Crippen LogP contribution in [0.15, 0.2) is 22.9 Å². The average Bonchev–Trinajstić information content (AvgIpc) is 2.79. The predicted molar refractivity (Wildman–Crippen MR) is 68.9 cm³/mol. The normalized spacial score (nSPS) is 10.4. The summed E-state index contributed by atoms with van der Waals surface area (Å²) in [5.41, 5.74) is 3.15. The predicted octanol–water partition coefficient (Wildman–Crippen LogP) is 3.34. The van der Waals surface area contributed by atoms with E-state index in [9.17, 15) is 0 Å². The van der Waals surface area contributed by atoms with Crippen LogP contribution in [0.4, 0.5) is 5.95 Å². The van der Waals surface area contributed by atoms with E-state index in [4.69, 9.17) is 0 Å². The molecule has 0 aliphatic heterocycles. The molecule has 0 atom stereocenters. The molecule has 0 aliphatic rings. The first-order valence-electron chi connectivity index (χ1n) is 5.41. The van der Waals surface area contributed by atoms with Crippen LogP contribution in [-0.2, 0) is 0 Å². The number of hydrogen-bond donors (Lipinski definition) is 1. The highest BCUT2D eigenvalue weighted by atomic mass is 32.1. The van der Waals surface area contributed by atoms with Crippen LogP contribution >= 0.6 is 11.3 Å². The first-order chi connectivity index (χ1) is 7.79. The highest BCUT2D eigenvalue weighted by molar-refractivity contribution is 7.08. The van der Waals surface area contributed by atoms with Gasteiger partial charge in [-0.05, 0) is 30.9 Å². The number of anilines is 1. The van der Waals surface area contributed by atoms with Crippen LogP contribution in [0.25, 0.3) is 11.3 Å². The lowest BCUT2D eigenvalue weighted by molar-refractivity contribution is 0.947. The Bertz CT molecular complexity index is 451. The van der Waals surface area contributed by atoms with Crippen LogP contribution in [-0.4, -0.2) is 16.5 Å². The van der Waals surface area contributed by atoms with Crippen molar-refractivity contribution in [1.29, 1.82) is 0 Å². The second-order valence-corrected chi connectivity index (χ2v) is 4.44. The number of nitrogens with zero attached hydrogens (tertiary/aromatic N) is 2. The molecule has 1 N–H and O–H groups in total. The van der Waals surface area contributed by atoms with Gasteiger partial charge in [0.15, 0.2) is 0 Å². The molecule has 0 aliphatic carbocycles. The monoisotopic (exact) mass is 233 g/mol. The summed E-state index contributed by atoms with van der Waals surface area (Å²) >= 11 is 1.68. The lowest BCUT2D eigenvalue weighted by Crippen LogP contribution is -2.05. The molecular weight excluding hydrogens is 218 g/mol. The Hall–Kier alpha value is -1.42. The summed E-state index contributed by atoms with van der Waals surface area (Å²) < 4.78 is 0. The molecule has 0 saturated heterocycles. The number of thiophene rings is 1. The van der Waals surface area contributed by atoms with Crippen LogP contribution in [0.5, 0.6) is 0 Å².